The van der Waals surface area contributed by atoms with Gasteiger partial charge in [0.25, 0.3) is 11.6 Å². The van der Waals surface area contributed by atoms with E-state index in [-0.39, 0.29) is 16.1 Å². The second-order valence-electron chi connectivity index (χ2n) is 7.65. The zero-order chi connectivity index (χ0) is 22.7. The van der Waals surface area contributed by atoms with Gasteiger partial charge in [0.15, 0.2) is 0 Å². The van der Waals surface area contributed by atoms with Crippen LogP contribution in [0.5, 0.6) is 0 Å². The monoisotopic (exact) mass is 460 g/mol. The Labute approximate surface area is 186 Å². The minimum atomic E-state index is -3.62. The van der Waals surface area contributed by atoms with E-state index >= 15 is 0 Å². The smallest absolute Gasteiger partial charge is 0.293 e. The van der Waals surface area contributed by atoms with Gasteiger partial charge in [-0.1, -0.05) is 6.07 Å². The summed E-state index contributed by atoms with van der Waals surface area (Å²) >= 11 is 0. The molecule has 0 spiro atoms. The van der Waals surface area contributed by atoms with E-state index in [0.29, 0.717) is 50.8 Å². The van der Waals surface area contributed by atoms with Crippen LogP contribution in [0.3, 0.4) is 0 Å². The van der Waals surface area contributed by atoms with Crippen molar-refractivity contribution in [2.24, 2.45) is 0 Å². The predicted molar refractivity (Wildman–Crippen MR) is 119 cm³/mol. The normalized spacial score (nSPS) is 17.3. The number of anilines is 2. The Kier molecular flexibility index (Phi) is 6.40. The Morgan fingerprint density at radius 2 is 1.75 bits per heavy atom. The molecule has 10 nitrogen and oxygen atoms in total. The zero-order valence-corrected chi connectivity index (χ0v) is 18.2. The maximum Gasteiger partial charge on any atom is 0.293 e. The highest BCUT2D eigenvalue weighted by Gasteiger charge is 2.28. The van der Waals surface area contributed by atoms with Crippen molar-refractivity contribution in [3.8, 4) is 0 Å². The molecule has 0 atom stereocenters. The highest BCUT2D eigenvalue weighted by molar-refractivity contribution is 7.89. The molecule has 0 aliphatic carbocycles. The maximum atomic E-state index is 12.8. The van der Waals surface area contributed by atoms with Crippen LogP contribution in [0.25, 0.3) is 0 Å². The third-order valence-corrected chi connectivity index (χ3v) is 7.48. The van der Waals surface area contributed by atoms with Crippen molar-refractivity contribution in [1.82, 2.24) is 4.31 Å². The summed E-state index contributed by atoms with van der Waals surface area (Å²) in [5.74, 6) is -0.558. The minimum absolute atomic E-state index is 0.103. The molecule has 0 saturated carbocycles. The van der Waals surface area contributed by atoms with Gasteiger partial charge in [-0.15, -0.1) is 0 Å². The summed E-state index contributed by atoms with van der Waals surface area (Å²) in [5, 5.41) is 14.3. The molecule has 32 heavy (non-hydrogen) atoms. The molecule has 2 aliphatic rings. The Hall–Kier alpha value is -3.02. The van der Waals surface area contributed by atoms with Crippen LogP contribution in [0, 0.1) is 10.1 Å². The van der Waals surface area contributed by atoms with Gasteiger partial charge in [0, 0.05) is 43.5 Å². The van der Waals surface area contributed by atoms with Crippen LogP contribution in [0.15, 0.2) is 47.4 Å². The molecule has 0 bridgehead atoms. The Morgan fingerprint density at radius 1 is 1.03 bits per heavy atom. The minimum Gasteiger partial charge on any atom is -0.378 e. The average Bonchev–Trinajstić information content (AvgIpc) is 3.35. The lowest BCUT2D eigenvalue weighted by atomic mass is 10.1. The lowest BCUT2D eigenvalue weighted by Crippen LogP contribution is -2.36. The van der Waals surface area contributed by atoms with E-state index < -0.39 is 20.9 Å². The van der Waals surface area contributed by atoms with Crippen LogP contribution in [0.1, 0.15) is 23.2 Å². The number of nitrogens with one attached hydrogen (secondary N) is 1. The maximum absolute atomic E-state index is 12.8. The molecule has 0 radical (unpaired) electrons. The van der Waals surface area contributed by atoms with Gasteiger partial charge in [-0.3, -0.25) is 14.9 Å². The lowest BCUT2D eigenvalue weighted by Gasteiger charge is -2.28. The Bertz CT molecular complexity index is 1120. The number of benzene rings is 2. The second-order valence-corrected chi connectivity index (χ2v) is 9.59. The molecule has 2 aliphatic heterocycles. The van der Waals surface area contributed by atoms with E-state index in [1.54, 1.807) is 18.2 Å². The molecule has 1 N–H and O–H groups in total. The molecule has 11 heteroatoms. The molecule has 2 heterocycles. The van der Waals surface area contributed by atoms with Crippen molar-refractivity contribution in [2.75, 3.05) is 49.6 Å². The van der Waals surface area contributed by atoms with E-state index in [1.165, 1.54) is 28.6 Å². The van der Waals surface area contributed by atoms with Crippen molar-refractivity contribution in [3.63, 3.8) is 0 Å². The summed E-state index contributed by atoms with van der Waals surface area (Å²) in [4.78, 5) is 25.8. The molecule has 2 saturated heterocycles. The molecule has 1 amide bonds. The summed E-state index contributed by atoms with van der Waals surface area (Å²) in [5.41, 5.74) is 0.690. The molecular weight excluding hydrogens is 436 g/mol. The fraction of sp³-hybridized carbons (Fsp3) is 0.381. The number of nitro groups is 1. The molecule has 0 aromatic heterocycles. The fourth-order valence-corrected chi connectivity index (χ4v) is 5.46. The van der Waals surface area contributed by atoms with E-state index in [1.807, 2.05) is 4.90 Å². The number of carbonyl (C=O) groups is 1. The first-order valence-electron chi connectivity index (χ1n) is 10.4. The standard InChI is InChI=1S/C21H24N4O6S/c26-21(16-6-7-19(20(14-16)25(27)28)23-10-12-31-13-11-23)22-17-4-3-5-18(15-17)32(29,30)24-8-1-2-9-24/h3-7,14-15H,1-2,8-13H2,(H,22,26). The average molecular weight is 461 g/mol. The molecule has 2 aromatic carbocycles. The van der Waals surface area contributed by atoms with Gasteiger partial charge < -0.3 is 15.0 Å². The predicted octanol–water partition coefficient (Wildman–Crippen LogP) is 2.47. The molecule has 2 aromatic rings. The number of rotatable bonds is 6. The zero-order valence-electron chi connectivity index (χ0n) is 17.4. The summed E-state index contributed by atoms with van der Waals surface area (Å²) < 4.78 is 32.3. The fourth-order valence-electron chi connectivity index (χ4n) is 3.90. The van der Waals surface area contributed by atoms with E-state index in [9.17, 15) is 23.3 Å². The van der Waals surface area contributed by atoms with Gasteiger partial charge in [-0.05, 0) is 43.2 Å². The summed E-state index contributed by atoms with van der Waals surface area (Å²) in [7, 11) is -3.62. The number of sulfonamides is 1. The van der Waals surface area contributed by atoms with Gasteiger partial charge in [-0.25, -0.2) is 8.42 Å². The van der Waals surface area contributed by atoms with Crippen LogP contribution >= 0.6 is 0 Å². The third-order valence-electron chi connectivity index (χ3n) is 5.58. The van der Waals surface area contributed by atoms with Gasteiger partial charge in [-0.2, -0.15) is 4.31 Å². The third kappa shape index (κ3) is 4.59. The second kappa shape index (κ2) is 9.23. The van der Waals surface area contributed by atoms with Crippen molar-refractivity contribution >= 4 is 33.0 Å². The highest BCUT2D eigenvalue weighted by Crippen LogP contribution is 2.30. The first kappa shape index (κ1) is 22.2. The Morgan fingerprint density at radius 3 is 2.44 bits per heavy atom. The van der Waals surface area contributed by atoms with Crippen molar-refractivity contribution in [3.05, 3.63) is 58.1 Å². The van der Waals surface area contributed by atoms with Crippen LogP contribution < -0.4 is 10.2 Å². The number of morpholine rings is 1. The molecule has 0 unspecified atom stereocenters. The SMILES string of the molecule is O=C(Nc1cccc(S(=O)(=O)N2CCCC2)c1)c1ccc(N2CCOCC2)c([N+](=O)[O-])c1. The van der Waals surface area contributed by atoms with Gasteiger partial charge >= 0.3 is 0 Å². The summed E-state index contributed by atoms with van der Waals surface area (Å²) in [6.07, 6.45) is 1.66. The summed E-state index contributed by atoms with van der Waals surface area (Å²) in [6, 6.07) is 10.4. The van der Waals surface area contributed by atoms with Gasteiger partial charge in [0.1, 0.15) is 5.69 Å². The van der Waals surface area contributed by atoms with Crippen LogP contribution in [-0.4, -0.2) is 62.9 Å². The molecule has 2 fully saturated rings. The van der Waals surface area contributed by atoms with E-state index in [4.69, 9.17) is 4.74 Å². The number of hydrogen-bond acceptors (Lipinski definition) is 7. The highest BCUT2D eigenvalue weighted by atomic mass is 32.2. The number of ether oxygens (including phenoxy) is 1. The van der Waals surface area contributed by atoms with Gasteiger partial charge in [0.05, 0.1) is 23.0 Å². The Balaban J connectivity index is 1.55. The number of hydrogen-bond donors (Lipinski definition) is 1. The molecule has 4 rings (SSSR count). The number of nitro benzene ring substituents is 1. The summed E-state index contributed by atoms with van der Waals surface area (Å²) in [6.45, 7) is 3.00. The van der Waals surface area contributed by atoms with Crippen molar-refractivity contribution in [1.29, 1.82) is 0 Å². The van der Waals surface area contributed by atoms with Crippen LogP contribution in [-0.2, 0) is 14.8 Å². The first-order valence-corrected chi connectivity index (χ1v) is 11.8. The topological polar surface area (TPSA) is 122 Å². The molecular formula is C21H24N4O6S. The van der Waals surface area contributed by atoms with Crippen LogP contribution in [0.4, 0.5) is 17.1 Å². The van der Waals surface area contributed by atoms with E-state index in [0.717, 1.165) is 12.8 Å². The number of nitrogens with zero attached hydrogens (tertiary/aromatic N) is 3. The lowest BCUT2D eigenvalue weighted by molar-refractivity contribution is -0.384. The number of amides is 1. The quantitative estimate of drug-likeness (QED) is 0.519. The van der Waals surface area contributed by atoms with Crippen molar-refractivity contribution < 1.29 is 22.9 Å². The van der Waals surface area contributed by atoms with Gasteiger partial charge in [0.2, 0.25) is 10.0 Å². The number of carbonyl (C=O) groups excluding carboxylic acids is 1. The largest absolute Gasteiger partial charge is 0.378 e. The van der Waals surface area contributed by atoms with Crippen molar-refractivity contribution in [2.45, 2.75) is 17.7 Å². The first-order chi connectivity index (χ1) is 15.4. The molecule has 170 valence electrons. The van der Waals surface area contributed by atoms with Crippen LogP contribution in [0.2, 0.25) is 0 Å². The van der Waals surface area contributed by atoms with E-state index in [2.05, 4.69) is 5.32 Å².